The van der Waals surface area contributed by atoms with Gasteiger partial charge < -0.3 is 14.7 Å². The Balaban J connectivity index is 2.15. The van der Waals surface area contributed by atoms with Gasteiger partial charge in [0.1, 0.15) is 11.7 Å². The van der Waals surface area contributed by atoms with Gasteiger partial charge in [-0.3, -0.25) is 4.79 Å². The molecule has 27 heavy (non-hydrogen) atoms. The van der Waals surface area contributed by atoms with Crippen LogP contribution in [0.15, 0.2) is 48.5 Å². The van der Waals surface area contributed by atoms with Crippen molar-refractivity contribution in [3.05, 3.63) is 59.8 Å². The third-order valence-electron chi connectivity index (χ3n) is 3.67. The van der Waals surface area contributed by atoms with Gasteiger partial charge in [0.2, 0.25) is 5.88 Å². The van der Waals surface area contributed by atoms with E-state index in [9.17, 15) is 27.9 Å². The number of carbonyl (C=O) groups excluding carboxylic acids is 1. The molecule has 2 aromatic rings. The van der Waals surface area contributed by atoms with Crippen LogP contribution in [0.4, 0.5) is 13.2 Å². The summed E-state index contributed by atoms with van der Waals surface area (Å²) in [6.45, 7) is -1.54. The van der Waals surface area contributed by atoms with Crippen molar-refractivity contribution in [1.82, 2.24) is 9.88 Å². The lowest BCUT2D eigenvalue weighted by atomic mass is 10.0. The van der Waals surface area contributed by atoms with Crippen molar-refractivity contribution in [2.75, 3.05) is 13.7 Å². The molecule has 0 radical (unpaired) electrons. The highest BCUT2D eigenvalue weighted by atomic mass is 19.4. The van der Waals surface area contributed by atoms with Gasteiger partial charge >= 0.3 is 12.1 Å². The van der Waals surface area contributed by atoms with E-state index in [2.05, 4.69) is 9.72 Å². The number of hydrogen-bond donors (Lipinski definition) is 1. The number of alkyl halides is 3. The number of likely N-dealkylation sites (N-methyl/N-ethyl adjacent to an activating group) is 1. The molecule has 1 N–H and O–H groups in total. The van der Waals surface area contributed by atoms with Crippen molar-refractivity contribution in [2.45, 2.75) is 18.6 Å². The topological polar surface area (TPSA) is 79.7 Å². The molecule has 0 aliphatic heterocycles. The Hall–Kier alpha value is -3.10. The lowest BCUT2D eigenvalue weighted by Gasteiger charge is -2.24. The second-order valence-corrected chi connectivity index (χ2v) is 5.72. The Morgan fingerprint density at radius 1 is 1.15 bits per heavy atom. The number of halogens is 3. The molecule has 1 aromatic heterocycles. The number of ether oxygens (including phenoxy) is 1. The minimum atomic E-state index is -4.54. The summed E-state index contributed by atoms with van der Waals surface area (Å²) in [5, 5.41) is 9.47. The third kappa shape index (κ3) is 5.98. The predicted octanol–water partition coefficient (Wildman–Crippen LogP) is 2.79. The van der Waals surface area contributed by atoms with Crippen LogP contribution in [0.5, 0.6) is 5.88 Å². The zero-order chi connectivity index (χ0) is 20.0. The summed E-state index contributed by atoms with van der Waals surface area (Å²) in [5.74, 6) is -2.32. The quantitative estimate of drug-likeness (QED) is 0.797. The van der Waals surface area contributed by atoms with Crippen molar-refractivity contribution in [3.8, 4) is 5.88 Å². The number of pyridine rings is 1. The van der Waals surface area contributed by atoms with E-state index < -0.39 is 30.7 Å². The fourth-order valence-corrected chi connectivity index (χ4v) is 2.32. The van der Waals surface area contributed by atoms with Gasteiger partial charge in [-0.15, -0.1) is 0 Å². The van der Waals surface area contributed by atoms with Crippen LogP contribution < -0.4 is 4.74 Å². The summed E-state index contributed by atoms with van der Waals surface area (Å²) in [6.07, 6.45) is -4.47. The van der Waals surface area contributed by atoms with Gasteiger partial charge in [-0.25, -0.2) is 9.78 Å². The smallest absolute Gasteiger partial charge is 0.422 e. The van der Waals surface area contributed by atoms with Gasteiger partial charge in [0, 0.05) is 19.5 Å². The average Bonchev–Trinajstić information content (AvgIpc) is 2.63. The Morgan fingerprint density at radius 3 is 2.41 bits per heavy atom. The number of carboxylic acids is 1. The summed E-state index contributed by atoms with van der Waals surface area (Å²) in [5.41, 5.74) is 0.510. The summed E-state index contributed by atoms with van der Waals surface area (Å²) in [4.78, 5) is 28.9. The lowest BCUT2D eigenvalue weighted by molar-refractivity contribution is -0.154. The maximum atomic E-state index is 12.6. The molecule has 0 bridgehead atoms. The first kappa shape index (κ1) is 20.2. The fourth-order valence-electron chi connectivity index (χ4n) is 2.32. The second-order valence-electron chi connectivity index (χ2n) is 5.72. The Labute approximate surface area is 153 Å². The lowest BCUT2D eigenvalue weighted by Crippen LogP contribution is -2.44. The molecule has 2 rings (SSSR count). The van der Waals surface area contributed by atoms with Crippen LogP contribution in [-0.2, 0) is 11.2 Å². The number of amides is 1. The highest BCUT2D eigenvalue weighted by Crippen LogP contribution is 2.18. The number of benzene rings is 1. The second kappa shape index (κ2) is 8.52. The van der Waals surface area contributed by atoms with Crippen LogP contribution in [0.1, 0.15) is 16.1 Å². The largest absolute Gasteiger partial charge is 0.480 e. The SMILES string of the molecule is CN(C(=O)c1cccc(OCC(F)(F)F)n1)C(Cc1ccccc1)C(=O)O. The Bertz CT molecular complexity index is 797. The molecule has 0 saturated carbocycles. The summed E-state index contributed by atoms with van der Waals surface area (Å²) in [6, 6.07) is 11.4. The number of aromatic nitrogens is 1. The predicted molar refractivity (Wildman–Crippen MR) is 89.5 cm³/mol. The molecule has 1 amide bonds. The summed E-state index contributed by atoms with van der Waals surface area (Å²) >= 11 is 0. The van der Waals surface area contributed by atoms with Crippen LogP contribution in [0, 0.1) is 0 Å². The molecule has 0 aliphatic carbocycles. The van der Waals surface area contributed by atoms with Crippen molar-refractivity contribution < 1.29 is 32.6 Å². The first-order valence-electron chi connectivity index (χ1n) is 7.88. The van der Waals surface area contributed by atoms with Crippen LogP contribution in [0.25, 0.3) is 0 Å². The average molecular weight is 382 g/mol. The zero-order valence-corrected chi connectivity index (χ0v) is 14.3. The monoisotopic (exact) mass is 382 g/mol. The van der Waals surface area contributed by atoms with Gasteiger partial charge in [-0.1, -0.05) is 36.4 Å². The van der Waals surface area contributed by atoms with E-state index in [4.69, 9.17) is 0 Å². The molecule has 0 fully saturated rings. The van der Waals surface area contributed by atoms with Crippen LogP contribution >= 0.6 is 0 Å². The molecule has 144 valence electrons. The van der Waals surface area contributed by atoms with E-state index >= 15 is 0 Å². The Kier molecular flexibility index (Phi) is 6.38. The van der Waals surface area contributed by atoms with E-state index in [0.29, 0.717) is 0 Å². The molecule has 0 saturated heterocycles. The van der Waals surface area contributed by atoms with Crippen LogP contribution in [0.3, 0.4) is 0 Å². The number of hydrogen-bond acceptors (Lipinski definition) is 4. The van der Waals surface area contributed by atoms with Crippen molar-refractivity contribution >= 4 is 11.9 Å². The molecule has 1 heterocycles. The van der Waals surface area contributed by atoms with Crippen molar-refractivity contribution in [3.63, 3.8) is 0 Å². The van der Waals surface area contributed by atoms with E-state index in [0.717, 1.165) is 10.5 Å². The number of carbonyl (C=O) groups is 2. The Morgan fingerprint density at radius 2 is 1.81 bits per heavy atom. The molecule has 9 heteroatoms. The highest BCUT2D eigenvalue weighted by molar-refractivity contribution is 5.95. The molecular formula is C18H17F3N2O4. The fraction of sp³-hybridized carbons (Fsp3) is 0.278. The van der Waals surface area contributed by atoms with Crippen molar-refractivity contribution in [2.24, 2.45) is 0 Å². The van der Waals surface area contributed by atoms with Crippen molar-refractivity contribution in [1.29, 1.82) is 0 Å². The first-order valence-corrected chi connectivity index (χ1v) is 7.88. The molecule has 1 unspecified atom stereocenters. The molecule has 6 nitrogen and oxygen atoms in total. The maximum Gasteiger partial charge on any atom is 0.422 e. The van der Waals surface area contributed by atoms with Gasteiger partial charge in [0.15, 0.2) is 6.61 Å². The zero-order valence-electron chi connectivity index (χ0n) is 14.3. The highest BCUT2D eigenvalue weighted by Gasteiger charge is 2.30. The number of nitrogens with zero attached hydrogens (tertiary/aromatic N) is 2. The van der Waals surface area contributed by atoms with Gasteiger partial charge in [0.05, 0.1) is 0 Å². The van der Waals surface area contributed by atoms with E-state index in [1.165, 1.54) is 25.2 Å². The number of carboxylic acid groups (broad SMARTS) is 1. The van der Waals surface area contributed by atoms with Gasteiger partial charge in [-0.2, -0.15) is 13.2 Å². The molecule has 0 spiro atoms. The van der Waals surface area contributed by atoms with Gasteiger partial charge in [0.25, 0.3) is 5.91 Å². The summed E-state index contributed by atoms with van der Waals surface area (Å²) in [7, 11) is 1.30. The third-order valence-corrected chi connectivity index (χ3v) is 3.67. The minimum absolute atomic E-state index is 0.0721. The first-order chi connectivity index (χ1) is 12.7. The molecule has 1 atom stereocenters. The van der Waals surface area contributed by atoms with E-state index in [-0.39, 0.29) is 18.0 Å². The number of aliphatic carboxylic acids is 1. The minimum Gasteiger partial charge on any atom is -0.480 e. The summed E-state index contributed by atoms with van der Waals surface area (Å²) < 4.78 is 41.2. The molecular weight excluding hydrogens is 365 g/mol. The number of rotatable bonds is 7. The maximum absolute atomic E-state index is 12.6. The molecule has 0 aliphatic rings. The van der Waals surface area contributed by atoms with Crippen LogP contribution in [0.2, 0.25) is 0 Å². The van der Waals surface area contributed by atoms with Gasteiger partial charge in [-0.05, 0) is 11.6 Å². The van der Waals surface area contributed by atoms with E-state index in [1.807, 2.05) is 0 Å². The standard InChI is InChI=1S/C18H17F3N2O4/c1-23(14(17(25)26)10-12-6-3-2-4-7-12)16(24)13-8-5-9-15(22-13)27-11-18(19,20)21/h2-9,14H,10-11H2,1H3,(H,25,26). The normalized spacial score (nSPS) is 12.3. The molecule has 1 aromatic carbocycles. The van der Waals surface area contributed by atoms with Crippen LogP contribution in [-0.4, -0.2) is 52.7 Å². The van der Waals surface area contributed by atoms with E-state index in [1.54, 1.807) is 30.3 Å².